The van der Waals surface area contributed by atoms with Gasteiger partial charge in [-0.2, -0.15) is 0 Å². The second-order valence-corrected chi connectivity index (χ2v) is 0.433. The molecule has 0 aromatic heterocycles. The zero-order valence-electron chi connectivity index (χ0n) is 3.64. The Morgan fingerprint density at radius 1 is 2.00 bits per heavy atom. The Labute approximate surface area is 81.7 Å². The summed E-state index contributed by atoms with van der Waals surface area (Å²) < 4.78 is 3.42. The summed E-state index contributed by atoms with van der Waals surface area (Å²) in [6.45, 7) is 0. The summed E-state index contributed by atoms with van der Waals surface area (Å²) in [6.07, 6.45) is 0. The maximum absolute atomic E-state index is 8.65. The van der Waals surface area contributed by atoms with Gasteiger partial charge in [-0.3, -0.25) is 3.93 Å². The SMILES string of the molecule is O=NOBr.[H-].[K+]. The van der Waals surface area contributed by atoms with Gasteiger partial charge in [-0.1, -0.05) is 0 Å². The van der Waals surface area contributed by atoms with Gasteiger partial charge in [0.1, 0.15) is 0 Å². The first kappa shape index (κ1) is 9.72. The molecule has 0 atom stereocenters. The summed E-state index contributed by atoms with van der Waals surface area (Å²) in [6, 6.07) is 0. The Kier molecular flexibility index (Phi) is 17.7. The topological polar surface area (TPSA) is 38.7 Å². The van der Waals surface area contributed by atoms with Crippen molar-refractivity contribution in [1.82, 2.24) is 0 Å². The quantitative estimate of drug-likeness (QED) is 0.259. The Bertz CT molecular complexity index is 27.5. The van der Waals surface area contributed by atoms with Gasteiger partial charge < -0.3 is 1.43 Å². The molecule has 0 saturated heterocycles. The number of halogens is 1. The smallest absolute Gasteiger partial charge is 1.00 e. The van der Waals surface area contributed by atoms with Gasteiger partial charge in [0.2, 0.25) is 16.3 Å². The molecule has 0 aliphatic rings. The zero-order valence-corrected chi connectivity index (χ0v) is 7.35. The molecule has 0 radical (unpaired) electrons. The predicted octanol–water partition coefficient (Wildman–Crippen LogP) is -1.89. The number of hydrogen-bond donors (Lipinski definition) is 0. The molecule has 0 saturated carbocycles. The van der Waals surface area contributed by atoms with E-state index in [1.807, 2.05) is 5.34 Å². The van der Waals surface area contributed by atoms with E-state index in [1.54, 1.807) is 0 Å². The first-order chi connectivity index (χ1) is 1.91. The van der Waals surface area contributed by atoms with E-state index in [0.717, 1.165) is 0 Å². The number of hydrogen-bond acceptors (Lipinski definition) is 3. The summed E-state index contributed by atoms with van der Waals surface area (Å²) in [4.78, 5) is 8.65. The van der Waals surface area contributed by atoms with Gasteiger partial charge in [-0.15, -0.1) is 4.91 Å². The van der Waals surface area contributed by atoms with Crippen molar-refractivity contribution in [3.05, 3.63) is 4.91 Å². The molecular formula is HBrKNO2. The van der Waals surface area contributed by atoms with Crippen molar-refractivity contribution in [2.45, 2.75) is 0 Å². The first-order valence-electron chi connectivity index (χ1n) is 0.519. The van der Waals surface area contributed by atoms with Crippen LogP contribution in [0.2, 0.25) is 0 Å². The third kappa shape index (κ3) is 10.8. The van der Waals surface area contributed by atoms with Gasteiger partial charge >= 0.3 is 51.4 Å². The van der Waals surface area contributed by atoms with Crippen molar-refractivity contribution in [1.29, 1.82) is 0 Å². The Morgan fingerprint density at radius 2 is 2.20 bits per heavy atom. The van der Waals surface area contributed by atoms with Crippen LogP contribution in [-0.2, 0) is 3.93 Å². The summed E-state index contributed by atoms with van der Waals surface area (Å²) in [5.41, 5.74) is 0. The zero-order chi connectivity index (χ0) is 3.41. The fourth-order valence-electron chi connectivity index (χ4n) is 0. The van der Waals surface area contributed by atoms with Crippen molar-refractivity contribution in [2.24, 2.45) is 5.34 Å². The molecule has 0 aromatic carbocycles. The van der Waals surface area contributed by atoms with E-state index in [2.05, 4.69) is 20.2 Å². The standard InChI is InChI=1S/BrNO2.K.H/c1-4-2-3;;/q;+1;-1. The molecule has 0 N–H and O–H groups in total. The van der Waals surface area contributed by atoms with E-state index in [-0.39, 0.29) is 52.8 Å². The second-order valence-electron chi connectivity index (χ2n) is 0.144. The minimum Gasteiger partial charge on any atom is -1.00 e. The van der Waals surface area contributed by atoms with E-state index in [9.17, 15) is 0 Å². The summed E-state index contributed by atoms with van der Waals surface area (Å²) in [5.74, 6) is 0. The van der Waals surface area contributed by atoms with Crippen LogP contribution in [-0.4, -0.2) is 0 Å². The molecule has 0 amide bonds. The van der Waals surface area contributed by atoms with Crippen LogP contribution in [0.3, 0.4) is 0 Å². The molecule has 5 heavy (non-hydrogen) atoms. The monoisotopic (exact) mass is 165 g/mol. The van der Waals surface area contributed by atoms with E-state index in [4.69, 9.17) is 4.91 Å². The molecule has 3 nitrogen and oxygen atoms in total. The summed E-state index contributed by atoms with van der Waals surface area (Å²) in [7, 11) is 0. The summed E-state index contributed by atoms with van der Waals surface area (Å²) >= 11 is 2.27. The molecular weight excluding hydrogens is 165 g/mol. The van der Waals surface area contributed by atoms with Crippen molar-refractivity contribution < 1.29 is 56.7 Å². The van der Waals surface area contributed by atoms with Crippen molar-refractivity contribution in [3.63, 3.8) is 0 Å². The summed E-state index contributed by atoms with van der Waals surface area (Å²) in [5, 5.41) is 1.90. The number of nitrogens with zero attached hydrogens (tertiary/aromatic N) is 1. The largest absolute Gasteiger partial charge is 1.00 e. The number of rotatable bonds is 1. The maximum Gasteiger partial charge on any atom is 1.00 e. The van der Waals surface area contributed by atoms with Crippen LogP contribution in [0.25, 0.3) is 0 Å². The maximum atomic E-state index is 8.65. The second kappa shape index (κ2) is 9.10. The normalized spacial score (nSPS) is 4.20. The Morgan fingerprint density at radius 3 is 2.20 bits per heavy atom. The van der Waals surface area contributed by atoms with Gasteiger partial charge in [0.15, 0.2) is 5.34 Å². The molecule has 0 heterocycles. The van der Waals surface area contributed by atoms with Crippen LogP contribution in [0.4, 0.5) is 0 Å². The van der Waals surface area contributed by atoms with Crippen LogP contribution in [0.15, 0.2) is 5.34 Å². The third-order valence-electron chi connectivity index (χ3n) is 0.0282. The fraction of sp³-hybridized carbons (Fsp3) is 0. The van der Waals surface area contributed by atoms with E-state index in [1.165, 1.54) is 0 Å². The molecule has 5 heteroatoms. The molecule has 0 fully saturated rings. The van der Waals surface area contributed by atoms with Crippen LogP contribution in [0, 0.1) is 4.91 Å². The molecule has 0 rings (SSSR count). The van der Waals surface area contributed by atoms with Gasteiger partial charge in [0, 0.05) is 0 Å². The van der Waals surface area contributed by atoms with E-state index in [0.29, 0.717) is 0 Å². The average Bonchev–Trinajstić information content (AvgIpc) is 1.37. The molecule has 0 unspecified atom stereocenters. The van der Waals surface area contributed by atoms with Crippen LogP contribution >= 0.6 is 16.3 Å². The fourth-order valence-corrected chi connectivity index (χ4v) is 0. The van der Waals surface area contributed by atoms with Crippen LogP contribution in [0.1, 0.15) is 1.43 Å². The van der Waals surface area contributed by atoms with Gasteiger partial charge in [-0.05, 0) is 0 Å². The van der Waals surface area contributed by atoms with Gasteiger partial charge in [-0.25, -0.2) is 0 Å². The molecule has 26 valence electrons. The molecule has 0 spiro atoms. The van der Waals surface area contributed by atoms with Crippen molar-refractivity contribution >= 4 is 16.3 Å². The molecule has 0 bridgehead atoms. The molecule has 0 aliphatic heterocycles. The molecule has 0 aromatic rings. The van der Waals surface area contributed by atoms with Crippen molar-refractivity contribution in [3.8, 4) is 0 Å². The third-order valence-corrected chi connectivity index (χ3v) is 0.146. The first-order valence-corrected chi connectivity index (χ1v) is 1.17. The van der Waals surface area contributed by atoms with Crippen LogP contribution < -0.4 is 51.4 Å². The Balaban J connectivity index is -0.0000000450. The average molecular weight is 166 g/mol. The predicted molar refractivity (Wildman–Crippen MR) is 16.9 cm³/mol. The van der Waals surface area contributed by atoms with E-state index < -0.39 is 0 Å². The van der Waals surface area contributed by atoms with E-state index >= 15 is 0 Å². The van der Waals surface area contributed by atoms with Crippen molar-refractivity contribution in [2.75, 3.05) is 0 Å². The molecule has 0 aliphatic carbocycles. The van der Waals surface area contributed by atoms with Gasteiger partial charge in [0.05, 0.1) is 0 Å². The van der Waals surface area contributed by atoms with Gasteiger partial charge in [0.25, 0.3) is 0 Å². The minimum atomic E-state index is 0. The van der Waals surface area contributed by atoms with Crippen LogP contribution in [0.5, 0.6) is 0 Å². The minimum absolute atomic E-state index is 0. The Hall–Kier alpha value is 1.52.